The largest absolute Gasteiger partial charge is 0.394 e. The SMILES string of the molecule is Cc1cn([C@@H]2O[C@H](CO)[C@@H](O)[C@H]2O)c2ncnc(N)c12. The third-order valence-electron chi connectivity index (χ3n) is 3.62. The Kier molecular flexibility index (Phi) is 3.09. The van der Waals surface area contributed by atoms with Crippen molar-refractivity contribution in [3.63, 3.8) is 0 Å². The maximum absolute atomic E-state index is 10.1. The number of nitrogens with zero attached hydrogens (tertiary/aromatic N) is 3. The Hall–Kier alpha value is -1.74. The highest BCUT2D eigenvalue weighted by Gasteiger charge is 2.43. The van der Waals surface area contributed by atoms with E-state index < -0.39 is 24.5 Å². The van der Waals surface area contributed by atoms with Gasteiger partial charge in [-0.05, 0) is 12.5 Å². The maximum atomic E-state index is 10.1. The second-order valence-corrected chi connectivity index (χ2v) is 4.91. The maximum Gasteiger partial charge on any atom is 0.164 e. The van der Waals surface area contributed by atoms with Gasteiger partial charge in [0.1, 0.15) is 36.1 Å². The minimum absolute atomic E-state index is 0.345. The second kappa shape index (κ2) is 4.67. The van der Waals surface area contributed by atoms with Crippen LogP contribution in [0.1, 0.15) is 11.8 Å². The van der Waals surface area contributed by atoms with Crippen molar-refractivity contribution in [2.45, 2.75) is 31.5 Å². The first-order valence-corrected chi connectivity index (χ1v) is 6.24. The fourth-order valence-electron chi connectivity index (χ4n) is 2.60. The van der Waals surface area contributed by atoms with Gasteiger partial charge >= 0.3 is 0 Å². The van der Waals surface area contributed by atoms with Crippen LogP contribution >= 0.6 is 0 Å². The van der Waals surface area contributed by atoms with Gasteiger partial charge in [0.25, 0.3) is 0 Å². The number of rotatable bonds is 2. The molecular formula is C12H16N4O4. The predicted octanol–water partition coefficient (Wildman–Crippen LogP) is -1.07. The molecule has 8 heteroatoms. The average Bonchev–Trinajstić information content (AvgIpc) is 2.90. The van der Waals surface area contributed by atoms with Crippen LogP contribution in [0.4, 0.5) is 5.82 Å². The summed E-state index contributed by atoms with van der Waals surface area (Å²) in [6.45, 7) is 1.48. The lowest BCUT2D eigenvalue weighted by Gasteiger charge is -2.17. The van der Waals surface area contributed by atoms with Gasteiger partial charge in [0.05, 0.1) is 12.0 Å². The lowest BCUT2D eigenvalue weighted by atomic mass is 10.1. The molecule has 5 N–H and O–H groups in total. The molecule has 3 rings (SSSR count). The molecule has 20 heavy (non-hydrogen) atoms. The normalized spacial score (nSPS) is 30.2. The Balaban J connectivity index is 2.10. The Labute approximate surface area is 114 Å². The van der Waals surface area contributed by atoms with Crippen LogP contribution in [0.5, 0.6) is 0 Å². The van der Waals surface area contributed by atoms with E-state index in [9.17, 15) is 10.2 Å². The Morgan fingerprint density at radius 2 is 2.10 bits per heavy atom. The average molecular weight is 280 g/mol. The second-order valence-electron chi connectivity index (χ2n) is 4.91. The molecule has 2 aromatic heterocycles. The number of fused-ring (bicyclic) bond motifs is 1. The number of aliphatic hydroxyl groups is 3. The van der Waals surface area contributed by atoms with E-state index in [1.54, 1.807) is 10.8 Å². The highest BCUT2D eigenvalue weighted by Crippen LogP contribution is 2.34. The standard InChI is InChI=1S/C12H16N4O4/c1-5-2-16(11-7(5)10(13)14-4-15-11)12-9(19)8(18)6(3-17)20-12/h2,4,6,8-9,12,17-19H,3H2,1H3,(H2,13,14,15)/t6-,8-,9-,12-/m1/s1. The van der Waals surface area contributed by atoms with Gasteiger partial charge in [-0.25, -0.2) is 9.97 Å². The minimum atomic E-state index is -1.15. The number of nitrogen functional groups attached to an aromatic ring is 1. The molecule has 2 aromatic rings. The summed E-state index contributed by atoms with van der Waals surface area (Å²) in [6, 6.07) is 0. The molecule has 1 saturated heterocycles. The van der Waals surface area contributed by atoms with Crippen LogP contribution in [0.3, 0.4) is 0 Å². The zero-order chi connectivity index (χ0) is 14.4. The van der Waals surface area contributed by atoms with Crippen LogP contribution in [0.25, 0.3) is 11.0 Å². The number of ether oxygens (including phenoxy) is 1. The molecule has 0 radical (unpaired) electrons. The van der Waals surface area contributed by atoms with Gasteiger partial charge in [-0.1, -0.05) is 0 Å². The molecule has 0 aliphatic carbocycles. The van der Waals surface area contributed by atoms with Crippen molar-refractivity contribution in [2.24, 2.45) is 0 Å². The van der Waals surface area contributed by atoms with Crippen molar-refractivity contribution < 1.29 is 20.1 Å². The number of aromatic nitrogens is 3. The highest BCUT2D eigenvalue weighted by molar-refractivity contribution is 5.89. The molecule has 1 aliphatic heterocycles. The van der Waals surface area contributed by atoms with Gasteiger partial charge in [-0.15, -0.1) is 0 Å². The number of aryl methyl sites for hydroxylation is 1. The van der Waals surface area contributed by atoms with E-state index in [1.807, 2.05) is 6.92 Å². The quantitative estimate of drug-likeness (QED) is 0.552. The van der Waals surface area contributed by atoms with Crippen molar-refractivity contribution >= 4 is 16.9 Å². The summed E-state index contributed by atoms with van der Waals surface area (Å²) >= 11 is 0. The van der Waals surface area contributed by atoms with Crippen molar-refractivity contribution in [2.75, 3.05) is 12.3 Å². The summed E-state index contributed by atoms with van der Waals surface area (Å²) in [7, 11) is 0. The van der Waals surface area contributed by atoms with Crippen LogP contribution < -0.4 is 5.73 Å². The molecule has 0 aromatic carbocycles. The van der Waals surface area contributed by atoms with Gasteiger partial charge in [0.2, 0.25) is 0 Å². The van der Waals surface area contributed by atoms with Gasteiger partial charge in [0, 0.05) is 6.20 Å². The third-order valence-corrected chi connectivity index (χ3v) is 3.62. The molecule has 8 nitrogen and oxygen atoms in total. The lowest BCUT2D eigenvalue weighted by molar-refractivity contribution is -0.0509. The van der Waals surface area contributed by atoms with E-state index in [-0.39, 0.29) is 6.61 Å². The highest BCUT2D eigenvalue weighted by atomic mass is 16.6. The van der Waals surface area contributed by atoms with E-state index in [4.69, 9.17) is 15.6 Å². The van der Waals surface area contributed by atoms with Gasteiger partial charge in [-0.2, -0.15) is 0 Å². The molecule has 0 amide bonds. The first-order chi connectivity index (χ1) is 9.54. The lowest BCUT2D eigenvalue weighted by Crippen LogP contribution is -2.33. The van der Waals surface area contributed by atoms with Crippen LogP contribution in [0.15, 0.2) is 12.5 Å². The van der Waals surface area contributed by atoms with E-state index in [0.717, 1.165) is 5.56 Å². The van der Waals surface area contributed by atoms with E-state index in [1.165, 1.54) is 6.33 Å². The number of anilines is 1. The van der Waals surface area contributed by atoms with Crippen molar-refractivity contribution in [1.29, 1.82) is 0 Å². The van der Waals surface area contributed by atoms with Gasteiger partial charge in [0.15, 0.2) is 6.23 Å². The van der Waals surface area contributed by atoms with Crippen molar-refractivity contribution in [3.05, 3.63) is 18.1 Å². The first kappa shape index (κ1) is 13.3. The van der Waals surface area contributed by atoms with Crippen molar-refractivity contribution in [3.8, 4) is 0 Å². The zero-order valence-electron chi connectivity index (χ0n) is 10.8. The summed E-state index contributed by atoms with van der Waals surface area (Å²) in [6.07, 6.45) is -0.898. The van der Waals surface area contributed by atoms with E-state index in [0.29, 0.717) is 16.9 Å². The Bertz CT molecular complexity index is 644. The molecular weight excluding hydrogens is 264 g/mol. The summed E-state index contributed by atoms with van der Waals surface area (Å²) < 4.78 is 7.10. The summed E-state index contributed by atoms with van der Waals surface area (Å²) in [5.74, 6) is 0.345. The zero-order valence-corrected chi connectivity index (χ0v) is 10.8. The van der Waals surface area contributed by atoms with Crippen LogP contribution in [0, 0.1) is 6.92 Å². The molecule has 108 valence electrons. The smallest absolute Gasteiger partial charge is 0.164 e. The van der Waals surface area contributed by atoms with Crippen LogP contribution in [-0.4, -0.2) is 54.8 Å². The third kappa shape index (κ3) is 1.77. The predicted molar refractivity (Wildman–Crippen MR) is 69.7 cm³/mol. The molecule has 0 spiro atoms. The molecule has 0 bridgehead atoms. The topological polar surface area (TPSA) is 127 Å². The van der Waals surface area contributed by atoms with E-state index in [2.05, 4.69) is 9.97 Å². The number of nitrogens with two attached hydrogens (primary N) is 1. The van der Waals surface area contributed by atoms with Crippen molar-refractivity contribution in [1.82, 2.24) is 14.5 Å². The molecule has 4 atom stereocenters. The van der Waals surface area contributed by atoms with E-state index >= 15 is 0 Å². The number of hydrogen-bond acceptors (Lipinski definition) is 7. The van der Waals surface area contributed by atoms with Crippen LogP contribution in [-0.2, 0) is 4.74 Å². The molecule has 1 fully saturated rings. The minimum Gasteiger partial charge on any atom is -0.394 e. The fraction of sp³-hybridized carbons (Fsp3) is 0.500. The van der Waals surface area contributed by atoms with Gasteiger partial charge < -0.3 is 30.4 Å². The monoisotopic (exact) mass is 280 g/mol. The summed E-state index contributed by atoms with van der Waals surface area (Å²) in [5, 5.41) is 29.7. The van der Waals surface area contributed by atoms with Crippen LogP contribution in [0.2, 0.25) is 0 Å². The molecule has 1 aliphatic rings. The first-order valence-electron chi connectivity index (χ1n) is 6.24. The Morgan fingerprint density at radius 1 is 1.35 bits per heavy atom. The Morgan fingerprint density at radius 3 is 2.75 bits per heavy atom. The summed E-state index contributed by atoms with van der Waals surface area (Å²) in [4.78, 5) is 8.09. The number of aliphatic hydroxyl groups excluding tert-OH is 3. The van der Waals surface area contributed by atoms with Gasteiger partial charge in [-0.3, -0.25) is 0 Å². The number of hydrogen-bond donors (Lipinski definition) is 4. The fourth-order valence-corrected chi connectivity index (χ4v) is 2.60. The molecule has 0 saturated carbocycles. The summed E-state index contributed by atoms with van der Waals surface area (Å²) in [5.41, 5.74) is 7.19. The molecule has 0 unspecified atom stereocenters. The molecule has 3 heterocycles.